The van der Waals surface area contributed by atoms with E-state index in [0.717, 1.165) is 25.7 Å². The van der Waals surface area contributed by atoms with E-state index in [1.54, 1.807) is 0 Å². The second-order valence-corrected chi connectivity index (χ2v) is 7.20. The average molecular weight is 283 g/mol. The number of hydrogen-bond acceptors (Lipinski definition) is 3. The maximum Gasteiger partial charge on any atom is 0.0808 e. The van der Waals surface area contributed by atoms with Crippen molar-refractivity contribution in [2.24, 2.45) is 5.92 Å². The number of hydrogen-bond donors (Lipinski definition) is 1. The van der Waals surface area contributed by atoms with E-state index in [1.165, 1.54) is 44.9 Å². The topological polar surface area (TPSA) is 30.5 Å². The second kappa shape index (κ2) is 7.77. The van der Waals surface area contributed by atoms with Crippen LogP contribution in [0.5, 0.6) is 0 Å². The van der Waals surface area contributed by atoms with Gasteiger partial charge in [-0.25, -0.2) is 0 Å². The van der Waals surface area contributed by atoms with Crippen LogP contribution in [0.2, 0.25) is 0 Å². The summed E-state index contributed by atoms with van der Waals surface area (Å²) in [5, 5.41) is 3.59. The zero-order valence-corrected chi connectivity index (χ0v) is 13.6. The molecule has 0 amide bonds. The van der Waals surface area contributed by atoms with Crippen molar-refractivity contribution in [3.8, 4) is 0 Å². The average Bonchev–Trinajstić information content (AvgIpc) is 2.47. The third-order valence-corrected chi connectivity index (χ3v) is 4.87. The van der Waals surface area contributed by atoms with E-state index in [-0.39, 0.29) is 5.60 Å². The van der Waals surface area contributed by atoms with E-state index in [1.807, 2.05) is 0 Å². The molecule has 3 heteroatoms. The molecule has 0 bridgehead atoms. The highest BCUT2D eigenvalue weighted by molar-refractivity contribution is 4.89. The molecule has 1 aliphatic heterocycles. The molecule has 20 heavy (non-hydrogen) atoms. The first kappa shape index (κ1) is 16.3. The highest BCUT2D eigenvalue weighted by atomic mass is 16.5. The summed E-state index contributed by atoms with van der Waals surface area (Å²) in [5.41, 5.74) is 0.0532. The number of rotatable bonds is 6. The van der Waals surface area contributed by atoms with Crippen LogP contribution < -0.4 is 5.32 Å². The van der Waals surface area contributed by atoms with Gasteiger partial charge >= 0.3 is 0 Å². The minimum Gasteiger partial charge on any atom is -0.376 e. The van der Waals surface area contributed by atoms with Gasteiger partial charge in [-0.05, 0) is 50.9 Å². The molecule has 0 aromatic rings. The third-order valence-electron chi connectivity index (χ3n) is 4.87. The van der Waals surface area contributed by atoms with Gasteiger partial charge in [0.15, 0.2) is 0 Å². The van der Waals surface area contributed by atoms with Crippen LogP contribution in [-0.4, -0.2) is 37.5 Å². The fourth-order valence-electron chi connectivity index (χ4n) is 3.26. The minimum atomic E-state index is 0.0532. The molecule has 1 unspecified atom stereocenters. The van der Waals surface area contributed by atoms with E-state index >= 15 is 0 Å². The Labute approximate surface area is 124 Å². The molecule has 0 radical (unpaired) electrons. The summed E-state index contributed by atoms with van der Waals surface area (Å²) in [6.07, 6.45) is 9.00. The van der Waals surface area contributed by atoms with Crippen molar-refractivity contribution in [3.05, 3.63) is 0 Å². The van der Waals surface area contributed by atoms with Gasteiger partial charge in [-0.15, -0.1) is 0 Å². The summed E-state index contributed by atoms with van der Waals surface area (Å²) >= 11 is 0. The van der Waals surface area contributed by atoms with E-state index < -0.39 is 0 Å². The van der Waals surface area contributed by atoms with Gasteiger partial charge in [-0.2, -0.15) is 0 Å². The normalized spacial score (nSPS) is 35.4. The van der Waals surface area contributed by atoms with Crippen LogP contribution in [0.3, 0.4) is 0 Å². The van der Waals surface area contributed by atoms with Crippen molar-refractivity contribution < 1.29 is 9.47 Å². The lowest BCUT2D eigenvalue weighted by Gasteiger charge is -2.41. The molecular weight excluding hydrogens is 250 g/mol. The van der Waals surface area contributed by atoms with Gasteiger partial charge in [0.2, 0.25) is 0 Å². The lowest BCUT2D eigenvalue weighted by atomic mass is 9.79. The molecule has 1 saturated carbocycles. The quantitative estimate of drug-likeness (QED) is 0.809. The van der Waals surface area contributed by atoms with Crippen LogP contribution in [-0.2, 0) is 9.47 Å². The minimum absolute atomic E-state index is 0.0532. The lowest BCUT2D eigenvalue weighted by molar-refractivity contribution is -0.123. The summed E-state index contributed by atoms with van der Waals surface area (Å²) in [6, 6.07) is 0.528. The zero-order valence-electron chi connectivity index (χ0n) is 13.6. The van der Waals surface area contributed by atoms with Crippen LogP contribution >= 0.6 is 0 Å². The largest absolute Gasteiger partial charge is 0.376 e. The molecular formula is C17H33NO2. The van der Waals surface area contributed by atoms with Gasteiger partial charge in [-0.3, -0.25) is 0 Å². The molecule has 2 rings (SSSR count). The smallest absolute Gasteiger partial charge is 0.0808 e. The van der Waals surface area contributed by atoms with Crippen LogP contribution in [0.25, 0.3) is 0 Å². The summed E-state index contributed by atoms with van der Waals surface area (Å²) < 4.78 is 12.2. The molecule has 118 valence electrons. The molecule has 1 atom stereocenters. The van der Waals surface area contributed by atoms with E-state index in [4.69, 9.17) is 9.47 Å². The van der Waals surface area contributed by atoms with Crippen molar-refractivity contribution in [2.45, 2.75) is 83.5 Å². The Bertz CT molecular complexity index is 266. The van der Waals surface area contributed by atoms with E-state index in [9.17, 15) is 0 Å². The maximum absolute atomic E-state index is 6.42. The first-order valence-electron chi connectivity index (χ1n) is 8.59. The predicted molar refractivity (Wildman–Crippen MR) is 83.0 cm³/mol. The molecule has 1 aliphatic carbocycles. The van der Waals surface area contributed by atoms with Gasteiger partial charge in [0.1, 0.15) is 0 Å². The molecule has 0 aromatic heterocycles. The van der Waals surface area contributed by atoms with Crippen LogP contribution in [0.4, 0.5) is 0 Å². The summed E-state index contributed by atoms with van der Waals surface area (Å²) in [7, 11) is 0. The Hall–Kier alpha value is -0.120. The van der Waals surface area contributed by atoms with Crippen LogP contribution in [0.1, 0.15) is 65.7 Å². The fourth-order valence-corrected chi connectivity index (χ4v) is 3.26. The fraction of sp³-hybridized carbons (Fsp3) is 1.00. The first-order valence-corrected chi connectivity index (χ1v) is 8.59. The van der Waals surface area contributed by atoms with Crippen molar-refractivity contribution in [1.29, 1.82) is 0 Å². The van der Waals surface area contributed by atoms with Gasteiger partial charge in [0.05, 0.1) is 18.3 Å². The molecule has 3 nitrogen and oxygen atoms in total. The monoisotopic (exact) mass is 283 g/mol. The van der Waals surface area contributed by atoms with Crippen LogP contribution in [0.15, 0.2) is 0 Å². The molecule has 0 aromatic carbocycles. The van der Waals surface area contributed by atoms with E-state index in [0.29, 0.717) is 12.1 Å². The summed E-state index contributed by atoms with van der Waals surface area (Å²) in [4.78, 5) is 0. The Kier molecular flexibility index (Phi) is 6.31. The van der Waals surface area contributed by atoms with E-state index in [2.05, 4.69) is 26.1 Å². The van der Waals surface area contributed by atoms with Crippen molar-refractivity contribution in [1.82, 2.24) is 5.32 Å². The SMILES string of the molecule is CC1CCC(CNC(C)C)(OCC2CCCCO2)CC1. The van der Waals surface area contributed by atoms with Gasteiger partial charge < -0.3 is 14.8 Å². The van der Waals surface area contributed by atoms with Crippen molar-refractivity contribution in [2.75, 3.05) is 19.8 Å². The first-order chi connectivity index (χ1) is 9.60. The van der Waals surface area contributed by atoms with Crippen molar-refractivity contribution in [3.63, 3.8) is 0 Å². The highest BCUT2D eigenvalue weighted by Gasteiger charge is 2.35. The molecule has 2 fully saturated rings. The standard InChI is InChI=1S/C17H33NO2/c1-14(2)18-13-17(9-7-15(3)8-10-17)20-12-16-6-4-5-11-19-16/h14-16,18H,4-13H2,1-3H3. The zero-order chi connectivity index (χ0) is 14.4. The maximum atomic E-state index is 6.42. The van der Waals surface area contributed by atoms with Gasteiger partial charge in [-0.1, -0.05) is 20.8 Å². The van der Waals surface area contributed by atoms with Gasteiger partial charge in [0.25, 0.3) is 0 Å². The Morgan fingerprint density at radius 1 is 1.20 bits per heavy atom. The Balaban J connectivity index is 1.84. The molecule has 2 aliphatic rings. The molecule has 1 heterocycles. The number of nitrogens with one attached hydrogen (secondary N) is 1. The second-order valence-electron chi connectivity index (χ2n) is 7.20. The predicted octanol–water partition coefficient (Wildman–Crippen LogP) is 3.52. The van der Waals surface area contributed by atoms with Gasteiger partial charge in [0, 0.05) is 19.2 Å². The summed E-state index contributed by atoms with van der Waals surface area (Å²) in [5.74, 6) is 0.858. The van der Waals surface area contributed by atoms with Crippen molar-refractivity contribution >= 4 is 0 Å². The lowest BCUT2D eigenvalue weighted by Crippen LogP contribution is -2.48. The van der Waals surface area contributed by atoms with Crippen LogP contribution in [0, 0.1) is 5.92 Å². The highest BCUT2D eigenvalue weighted by Crippen LogP contribution is 2.35. The number of ether oxygens (including phenoxy) is 2. The Morgan fingerprint density at radius 3 is 2.55 bits per heavy atom. The molecule has 0 spiro atoms. The molecule has 1 N–H and O–H groups in total. The molecule has 1 saturated heterocycles. The third kappa shape index (κ3) is 5.01. The summed E-state index contributed by atoms with van der Waals surface area (Å²) in [6.45, 7) is 9.48. The Morgan fingerprint density at radius 2 is 1.95 bits per heavy atom.